The zero-order valence-corrected chi connectivity index (χ0v) is 15.9. The van der Waals surface area contributed by atoms with Gasteiger partial charge in [0.15, 0.2) is 0 Å². The van der Waals surface area contributed by atoms with Crippen LogP contribution >= 0.6 is 15.9 Å². The third kappa shape index (κ3) is 7.44. The molecule has 0 radical (unpaired) electrons. The van der Waals surface area contributed by atoms with E-state index in [4.69, 9.17) is 0 Å². The zero-order chi connectivity index (χ0) is 15.9. The molecule has 0 heterocycles. The van der Waals surface area contributed by atoms with E-state index in [-0.39, 0.29) is 5.54 Å². The molecule has 3 heteroatoms. The second-order valence-corrected chi connectivity index (χ2v) is 7.66. The molecule has 1 aromatic rings. The Hall–Kier alpha value is -0.380. The third-order valence-corrected chi connectivity index (χ3v) is 4.15. The van der Waals surface area contributed by atoms with Crippen molar-refractivity contribution in [1.82, 2.24) is 10.2 Å². The monoisotopic (exact) mass is 354 g/mol. The van der Waals surface area contributed by atoms with Gasteiger partial charge in [-0.15, -0.1) is 0 Å². The lowest BCUT2D eigenvalue weighted by atomic mass is 10.1. The van der Waals surface area contributed by atoms with E-state index < -0.39 is 0 Å². The fraction of sp³-hybridized carbons (Fsp3) is 0.667. The SMILES string of the molecule is CCCN(CCC)Cc1ccc(CNC(C)(C)C)cc1Br. The first-order valence-electron chi connectivity index (χ1n) is 8.10. The Bertz CT molecular complexity index is 418. The molecule has 120 valence electrons. The van der Waals surface area contributed by atoms with Crippen molar-refractivity contribution in [1.29, 1.82) is 0 Å². The van der Waals surface area contributed by atoms with Gasteiger partial charge in [0.2, 0.25) is 0 Å². The Balaban J connectivity index is 2.68. The summed E-state index contributed by atoms with van der Waals surface area (Å²) in [5, 5.41) is 3.53. The fourth-order valence-electron chi connectivity index (χ4n) is 2.34. The Morgan fingerprint density at radius 3 is 2.19 bits per heavy atom. The van der Waals surface area contributed by atoms with Crippen molar-refractivity contribution in [2.75, 3.05) is 13.1 Å². The highest BCUT2D eigenvalue weighted by atomic mass is 79.9. The molecule has 0 aliphatic heterocycles. The molecule has 0 bridgehead atoms. The molecule has 1 rings (SSSR count). The van der Waals surface area contributed by atoms with Crippen LogP contribution in [0.1, 0.15) is 58.6 Å². The average Bonchev–Trinajstić information content (AvgIpc) is 2.39. The second-order valence-electron chi connectivity index (χ2n) is 6.81. The van der Waals surface area contributed by atoms with Crippen molar-refractivity contribution in [2.45, 2.75) is 66.1 Å². The Morgan fingerprint density at radius 2 is 1.71 bits per heavy atom. The Kier molecular flexibility index (Phi) is 7.93. The van der Waals surface area contributed by atoms with Gasteiger partial charge < -0.3 is 5.32 Å². The summed E-state index contributed by atoms with van der Waals surface area (Å²) in [6.45, 7) is 15.4. The first-order chi connectivity index (χ1) is 9.85. The highest BCUT2D eigenvalue weighted by Gasteiger charge is 2.10. The lowest BCUT2D eigenvalue weighted by Crippen LogP contribution is -2.35. The van der Waals surface area contributed by atoms with Crippen molar-refractivity contribution in [3.8, 4) is 0 Å². The van der Waals surface area contributed by atoms with Gasteiger partial charge in [-0.3, -0.25) is 4.90 Å². The van der Waals surface area contributed by atoms with Crippen LogP contribution in [-0.4, -0.2) is 23.5 Å². The molecule has 0 aromatic heterocycles. The molecule has 2 nitrogen and oxygen atoms in total. The van der Waals surface area contributed by atoms with Crippen LogP contribution < -0.4 is 5.32 Å². The van der Waals surface area contributed by atoms with Gasteiger partial charge in [0, 0.05) is 23.1 Å². The van der Waals surface area contributed by atoms with E-state index in [1.165, 1.54) is 41.5 Å². The summed E-state index contributed by atoms with van der Waals surface area (Å²) >= 11 is 3.74. The van der Waals surface area contributed by atoms with Crippen molar-refractivity contribution >= 4 is 15.9 Å². The van der Waals surface area contributed by atoms with E-state index in [2.05, 4.69) is 79.0 Å². The maximum atomic E-state index is 3.74. The molecule has 0 unspecified atom stereocenters. The minimum atomic E-state index is 0.157. The van der Waals surface area contributed by atoms with Gasteiger partial charge in [-0.2, -0.15) is 0 Å². The summed E-state index contributed by atoms with van der Waals surface area (Å²) in [4.78, 5) is 2.53. The van der Waals surface area contributed by atoms with Crippen LogP contribution in [0.4, 0.5) is 0 Å². The molecule has 0 spiro atoms. The van der Waals surface area contributed by atoms with E-state index in [0.717, 1.165) is 13.1 Å². The largest absolute Gasteiger partial charge is 0.308 e. The average molecular weight is 355 g/mol. The van der Waals surface area contributed by atoms with Gasteiger partial charge in [-0.25, -0.2) is 0 Å². The van der Waals surface area contributed by atoms with Crippen LogP contribution in [0.2, 0.25) is 0 Å². The van der Waals surface area contributed by atoms with Crippen molar-refractivity contribution < 1.29 is 0 Å². The number of rotatable bonds is 8. The van der Waals surface area contributed by atoms with Gasteiger partial charge in [-0.1, -0.05) is 41.9 Å². The molecule has 0 saturated heterocycles. The van der Waals surface area contributed by atoms with Crippen LogP contribution in [0.25, 0.3) is 0 Å². The lowest BCUT2D eigenvalue weighted by molar-refractivity contribution is 0.266. The molecule has 21 heavy (non-hydrogen) atoms. The molecular formula is C18H31BrN2. The highest BCUT2D eigenvalue weighted by molar-refractivity contribution is 9.10. The molecule has 0 aliphatic rings. The van der Waals surface area contributed by atoms with E-state index in [0.29, 0.717) is 0 Å². The van der Waals surface area contributed by atoms with E-state index in [1.54, 1.807) is 0 Å². The van der Waals surface area contributed by atoms with Crippen LogP contribution in [0, 0.1) is 0 Å². The van der Waals surface area contributed by atoms with Crippen molar-refractivity contribution in [3.63, 3.8) is 0 Å². The summed E-state index contributed by atoms with van der Waals surface area (Å²) in [6.07, 6.45) is 2.43. The highest BCUT2D eigenvalue weighted by Crippen LogP contribution is 2.21. The zero-order valence-electron chi connectivity index (χ0n) is 14.3. The third-order valence-electron chi connectivity index (χ3n) is 3.41. The molecule has 1 aromatic carbocycles. The predicted molar refractivity (Wildman–Crippen MR) is 96.6 cm³/mol. The molecule has 0 atom stereocenters. The number of hydrogen-bond donors (Lipinski definition) is 1. The fourth-order valence-corrected chi connectivity index (χ4v) is 2.89. The molecule has 0 amide bonds. The van der Waals surface area contributed by atoms with Gasteiger partial charge in [0.25, 0.3) is 0 Å². The van der Waals surface area contributed by atoms with Crippen LogP contribution in [-0.2, 0) is 13.1 Å². The van der Waals surface area contributed by atoms with E-state index in [9.17, 15) is 0 Å². The van der Waals surface area contributed by atoms with Gasteiger partial charge in [-0.05, 0) is 63.9 Å². The standard InChI is InChI=1S/C18H31BrN2/c1-6-10-21(11-7-2)14-16-9-8-15(12-17(16)19)13-20-18(3,4)5/h8-9,12,20H,6-7,10-11,13-14H2,1-5H3. The number of nitrogens with zero attached hydrogens (tertiary/aromatic N) is 1. The van der Waals surface area contributed by atoms with E-state index in [1.807, 2.05) is 0 Å². The molecule has 0 aliphatic carbocycles. The number of benzene rings is 1. The van der Waals surface area contributed by atoms with Gasteiger partial charge in [0.1, 0.15) is 0 Å². The molecule has 1 N–H and O–H groups in total. The quantitative estimate of drug-likeness (QED) is 0.709. The summed E-state index contributed by atoms with van der Waals surface area (Å²) in [5.74, 6) is 0. The summed E-state index contributed by atoms with van der Waals surface area (Å²) < 4.78 is 1.23. The normalized spacial score (nSPS) is 12.1. The minimum Gasteiger partial charge on any atom is -0.308 e. The van der Waals surface area contributed by atoms with Crippen LogP contribution in [0.15, 0.2) is 22.7 Å². The summed E-state index contributed by atoms with van der Waals surface area (Å²) in [5.41, 5.74) is 2.87. The first kappa shape index (κ1) is 18.7. The summed E-state index contributed by atoms with van der Waals surface area (Å²) in [6, 6.07) is 6.77. The molecular weight excluding hydrogens is 324 g/mol. The first-order valence-corrected chi connectivity index (χ1v) is 8.89. The minimum absolute atomic E-state index is 0.157. The maximum Gasteiger partial charge on any atom is 0.0244 e. The molecule has 0 saturated carbocycles. The van der Waals surface area contributed by atoms with Crippen LogP contribution in [0.5, 0.6) is 0 Å². The van der Waals surface area contributed by atoms with Gasteiger partial charge >= 0.3 is 0 Å². The molecule has 0 fully saturated rings. The number of nitrogens with one attached hydrogen (secondary N) is 1. The smallest absolute Gasteiger partial charge is 0.0244 e. The lowest BCUT2D eigenvalue weighted by Gasteiger charge is -2.23. The van der Waals surface area contributed by atoms with Crippen molar-refractivity contribution in [3.05, 3.63) is 33.8 Å². The van der Waals surface area contributed by atoms with Gasteiger partial charge in [0.05, 0.1) is 0 Å². The maximum absolute atomic E-state index is 3.74. The predicted octanol–water partition coefficient (Wildman–Crippen LogP) is 4.96. The second kappa shape index (κ2) is 8.92. The van der Waals surface area contributed by atoms with Crippen LogP contribution in [0.3, 0.4) is 0 Å². The summed E-state index contributed by atoms with van der Waals surface area (Å²) in [7, 11) is 0. The number of halogens is 1. The Morgan fingerprint density at radius 1 is 1.10 bits per heavy atom. The van der Waals surface area contributed by atoms with E-state index >= 15 is 0 Å². The van der Waals surface area contributed by atoms with Crippen molar-refractivity contribution in [2.24, 2.45) is 0 Å². The Labute approximate surface area is 139 Å². The number of hydrogen-bond acceptors (Lipinski definition) is 2. The topological polar surface area (TPSA) is 15.3 Å².